The zero-order valence-electron chi connectivity index (χ0n) is 14.7. The number of aliphatic hydroxyl groups is 1. The van der Waals surface area contributed by atoms with Gasteiger partial charge in [0.25, 0.3) is 0 Å². The Morgan fingerprint density at radius 1 is 0.958 bits per heavy atom. The Morgan fingerprint density at radius 2 is 1.50 bits per heavy atom. The molecule has 1 aliphatic rings. The largest absolute Gasteiger partial charge is 0.463 e. The van der Waals surface area contributed by atoms with Gasteiger partial charge in [0.1, 0.15) is 18.8 Å². The van der Waals surface area contributed by atoms with E-state index >= 15 is 0 Å². The minimum absolute atomic E-state index is 0.174. The summed E-state index contributed by atoms with van der Waals surface area (Å²) in [6.07, 6.45) is -4.29. The molecule has 1 fully saturated rings. The molecule has 1 rings (SSSR count). The first kappa shape index (κ1) is 20.4. The molecule has 0 saturated carbocycles. The first-order valence-corrected chi connectivity index (χ1v) is 7.93. The maximum Gasteiger partial charge on any atom is 0.303 e. The molecule has 0 aliphatic carbocycles. The highest BCUT2D eigenvalue weighted by Gasteiger charge is 2.49. The van der Waals surface area contributed by atoms with Crippen LogP contribution in [0.1, 0.15) is 41.0 Å². The zero-order chi connectivity index (χ0) is 18.4. The Balaban J connectivity index is 3.06. The molecule has 1 heterocycles. The van der Waals surface area contributed by atoms with Gasteiger partial charge in [-0.3, -0.25) is 14.4 Å². The number of aliphatic hydroxyl groups excluding tert-OH is 1. The van der Waals surface area contributed by atoms with Crippen LogP contribution in [0.4, 0.5) is 0 Å². The van der Waals surface area contributed by atoms with Gasteiger partial charge in [-0.25, -0.2) is 0 Å². The second-order valence-corrected chi connectivity index (χ2v) is 6.28. The third kappa shape index (κ3) is 6.09. The Bertz CT molecular complexity index is 461. The van der Waals surface area contributed by atoms with Crippen molar-refractivity contribution in [3.05, 3.63) is 0 Å². The normalized spacial score (nSPS) is 29.9. The van der Waals surface area contributed by atoms with E-state index in [1.807, 2.05) is 13.8 Å². The molecule has 1 N–H and O–H groups in total. The molecule has 138 valence electrons. The highest BCUT2D eigenvalue weighted by atomic mass is 16.6. The number of carbonyl (C=O) groups excluding carboxylic acids is 3. The van der Waals surface area contributed by atoms with Crippen molar-refractivity contribution in [3.63, 3.8) is 0 Å². The summed E-state index contributed by atoms with van der Waals surface area (Å²) in [6, 6.07) is 0. The maximum atomic E-state index is 11.4. The average molecular weight is 346 g/mol. The van der Waals surface area contributed by atoms with Gasteiger partial charge in [0.05, 0.1) is 6.10 Å². The molecule has 0 bridgehead atoms. The van der Waals surface area contributed by atoms with Crippen LogP contribution in [-0.2, 0) is 33.3 Å². The van der Waals surface area contributed by atoms with Gasteiger partial charge in [-0.05, 0) is 12.3 Å². The summed E-state index contributed by atoms with van der Waals surface area (Å²) in [4.78, 5) is 33.9. The van der Waals surface area contributed by atoms with E-state index in [1.165, 1.54) is 20.8 Å². The van der Waals surface area contributed by atoms with Gasteiger partial charge in [-0.1, -0.05) is 13.8 Å². The monoisotopic (exact) mass is 346 g/mol. The lowest BCUT2D eigenvalue weighted by Gasteiger charge is -2.43. The SMILES string of the molecule is CC(=O)OC[C@H]1O[C@H](CC(C)C)[C@H](O)[C@@H](OC(C)=O)[C@@H]1OC(C)=O. The van der Waals surface area contributed by atoms with Crippen LogP contribution >= 0.6 is 0 Å². The number of esters is 3. The minimum Gasteiger partial charge on any atom is -0.463 e. The van der Waals surface area contributed by atoms with Crippen LogP contribution in [0.2, 0.25) is 0 Å². The summed E-state index contributed by atoms with van der Waals surface area (Å²) < 4.78 is 21.1. The summed E-state index contributed by atoms with van der Waals surface area (Å²) in [5.74, 6) is -1.55. The number of hydrogen-bond acceptors (Lipinski definition) is 8. The minimum atomic E-state index is -1.16. The second kappa shape index (κ2) is 8.98. The summed E-state index contributed by atoms with van der Waals surface area (Å²) in [6.45, 7) is 7.37. The number of rotatable bonds is 6. The molecule has 8 heteroatoms. The van der Waals surface area contributed by atoms with E-state index in [2.05, 4.69) is 0 Å². The van der Waals surface area contributed by atoms with E-state index in [1.54, 1.807) is 0 Å². The van der Waals surface area contributed by atoms with Crippen LogP contribution in [-0.4, -0.2) is 60.1 Å². The molecule has 0 aromatic rings. The second-order valence-electron chi connectivity index (χ2n) is 6.28. The molecule has 0 radical (unpaired) electrons. The molecular formula is C16H26O8. The molecule has 0 spiro atoms. The molecule has 0 unspecified atom stereocenters. The van der Waals surface area contributed by atoms with Gasteiger partial charge in [-0.2, -0.15) is 0 Å². The molecule has 0 aromatic carbocycles. The highest BCUT2D eigenvalue weighted by Crippen LogP contribution is 2.29. The van der Waals surface area contributed by atoms with Crippen LogP contribution < -0.4 is 0 Å². The van der Waals surface area contributed by atoms with Crippen molar-refractivity contribution in [2.45, 2.75) is 71.6 Å². The van der Waals surface area contributed by atoms with Gasteiger partial charge in [0, 0.05) is 20.8 Å². The molecule has 0 aromatic heterocycles. The predicted molar refractivity (Wildman–Crippen MR) is 81.9 cm³/mol. The quantitative estimate of drug-likeness (QED) is 0.550. The zero-order valence-corrected chi connectivity index (χ0v) is 14.7. The Labute approximate surface area is 141 Å². The number of ether oxygens (including phenoxy) is 4. The van der Waals surface area contributed by atoms with E-state index in [0.29, 0.717) is 6.42 Å². The molecular weight excluding hydrogens is 320 g/mol. The van der Waals surface area contributed by atoms with Crippen LogP contribution in [0.3, 0.4) is 0 Å². The van der Waals surface area contributed by atoms with Gasteiger partial charge in [0.15, 0.2) is 12.2 Å². The first-order chi connectivity index (χ1) is 11.1. The summed E-state index contributed by atoms with van der Waals surface area (Å²) >= 11 is 0. The predicted octanol–water partition coefficient (Wildman–Crippen LogP) is 0.587. The molecule has 0 amide bonds. The third-order valence-electron chi connectivity index (χ3n) is 3.52. The van der Waals surface area contributed by atoms with Crippen molar-refractivity contribution in [1.29, 1.82) is 0 Å². The first-order valence-electron chi connectivity index (χ1n) is 7.93. The smallest absolute Gasteiger partial charge is 0.303 e. The molecule has 5 atom stereocenters. The van der Waals surface area contributed by atoms with Crippen LogP contribution in [0.5, 0.6) is 0 Å². The van der Waals surface area contributed by atoms with Crippen molar-refractivity contribution in [1.82, 2.24) is 0 Å². The summed E-state index contributed by atoms with van der Waals surface area (Å²) in [5.41, 5.74) is 0. The van der Waals surface area contributed by atoms with E-state index < -0.39 is 48.4 Å². The van der Waals surface area contributed by atoms with E-state index in [-0.39, 0.29) is 12.5 Å². The lowest BCUT2D eigenvalue weighted by molar-refractivity contribution is -0.249. The standard InChI is InChI=1S/C16H26O8/c1-8(2)6-12-14(20)16(23-11(5)19)15(22-10(4)18)13(24-12)7-21-9(3)17/h8,12-16,20H,6-7H2,1-5H3/t12-,13-,14+,15-,16-/m1/s1. The third-order valence-corrected chi connectivity index (χ3v) is 3.52. The fourth-order valence-corrected chi connectivity index (χ4v) is 2.66. The van der Waals surface area contributed by atoms with Crippen molar-refractivity contribution < 1.29 is 38.4 Å². The van der Waals surface area contributed by atoms with Gasteiger partial charge in [-0.15, -0.1) is 0 Å². The van der Waals surface area contributed by atoms with E-state index in [9.17, 15) is 19.5 Å². The van der Waals surface area contributed by atoms with Crippen molar-refractivity contribution >= 4 is 17.9 Å². The Kier molecular flexibility index (Phi) is 7.62. The Hall–Kier alpha value is -1.67. The number of hydrogen-bond donors (Lipinski definition) is 1. The van der Waals surface area contributed by atoms with Crippen molar-refractivity contribution in [3.8, 4) is 0 Å². The van der Waals surface area contributed by atoms with Crippen LogP contribution in [0, 0.1) is 5.92 Å². The summed E-state index contributed by atoms with van der Waals surface area (Å²) in [5, 5.41) is 10.5. The lowest BCUT2D eigenvalue weighted by Crippen LogP contribution is -2.61. The lowest BCUT2D eigenvalue weighted by atomic mass is 9.90. The fraction of sp³-hybridized carbons (Fsp3) is 0.812. The van der Waals surface area contributed by atoms with Gasteiger partial charge < -0.3 is 24.1 Å². The summed E-state index contributed by atoms with van der Waals surface area (Å²) in [7, 11) is 0. The molecule has 1 aliphatic heterocycles. The topological polar surface area (TPSA) is 108 Å². The van der Waals surface area contributed by atoms with Crippen molar-refractivity contribution in [2.24, 2.45) is 5.92 Å². The molecule has 8 nitrogen and oxygen atoms in total. The maximum absolute atomic E-state index is 11.4. The highest BCUT2D eigenvalue weighted by molar-refractivity contribution is 5.67. The number of carbonyl (C=O) groups is 3. The van der Waals surface area contributed by atoms with Crippen LogP contribution in [0.15, 0.2) is 0 Å². The van der Waals surface area contributed by atoms with Gasteiger partial charge in [0.2, 0.25) is 0 Å². The fourth-order valence-electron chi connectivity index (χ4n) is 2.66. The average Bonchev–Trinajstić information content (AvgIpc) is 2.42. The van der Waals surface area contributed by atoms with E-state index in [0.717, 1.165) is 0 Å². The molecule has 1 saturated heterocycles. The van der Waals surface area contributed by atoms with Crippen LogP contribution in [0.25, 0.3) is 0 Å². The van der Waals surface area contributed by atoms with Crippen molar-refractivity contribution in [2.75, 3.05) is 6.61 Å². The molecule has 24 heavy (non-hydrogen) atoms. The Morgan fingerprint density at radius 3 is 1.96 bits per heavy atom. The van der Waals surface area contributed by atoms with Gasteiger partial charge >= 0.3 is 17.9 Å². The van der Waals surface area contributed by atoms with E-state index in [4.69, 9.17) is 18.9 Å².